The predicted octanol–water partition coefficient (Wildman–Crippen LogP) is 6.89. The number of para-hydroxylation sites is 1. The van der Waals surface area contributed by atoms with Gasteiger partial charge in [0.2, 0.25) is 0 Å². The zero-order valence-corrected chi connectivity index (χ0v) is 25.6. The summed E-state index contributed by atoms with van der Waals surface area (Å²) in [5, 5.41) is 5.50. The lowest BCUT2D eigenvalue weighted by Gasteiger charge is -2.20. The van der Waals surface area contributed by atoms with Crippen molar-refractivity contribution in [3.63, 3.8) is 0 Å². The maximum atomic E-state index is 12.5. The lowest BCUT2D eigenvalue weighted by molar-refractivity contribution is -0.144. The third-order valence-electron chi connectivity index (χ3n) is 6.54. The molecule has 0 fully saturated rings. The molecule has 0 atom stereocenters. The molecule has 10 heteroatoms. The minimum atomic E-state index is -3.33. The van der Waals surface area contributed by atoms with Gasteiger partial charge in [-0.3, -0.25) is 9.69 Å². The van der Waals surface area contributed by atoms with Crippen LogP contribution in [0.2, 0.25) is 5.02 Å². The number of sulfone groups is 1. The fourth-order valence-corrected chi connectivity index (χ4v) is 6.51. The van der Waals surface area contributed by atoms with Gasteiger partial charge in [-0.15, -0.1) is 11.3 Å². The normalized spacial score (nSPS) is 11.6. The van der Waals surface area contributed by atoms with Crippen LogP contribution in [-0.4, -0.2) is 48.5 Å². The molecule has 0 N–H and O–H groups in total. The Morgan fingerprint density at radius 1 is 0.929 bits per heavy atom. The van der Waals surface area contributed by atoms with E-state index >= 15 is 0 Å². The first-order valence-electron chi connectivity index (χ1n) is 13.4. The molecule has 42 heavy (non-hydrogen) atoms. The van der Waals surface area contributed by atoms with Crippen molar-refractivity contribution in [1.82, 2.24) is 14.7 Å². The number of hydrogen-bond acceptors (Lipinski definition) is 7. The number of carbonyl (C=O) groups excluding carboxylic acids is 1. The molecule has 0 amide bonds. The number of thiophene rings is 1. The highest BCUT2D eigenvalue weighted by molar-refractivity contribution is 7.90. The Kier molecular flexibility index (Phi) is 9.23. The van der Waals surface area contributed by atoms with Gasteiger partial charge < -0.3 is 4.74 Å². The van der Waals surface area contributed by atoms with Crippen LogP contribution in [0.15, 0.2) is 102 Å². The van der Waals surface area contributed by atoms with E-state index in [-0.39, 0.29) is 17.4 Å². The van der Waals surface area contributed by atoms with Crippen molar-refractivity contribution in [2.24, 2.45) is 0 Å². The molecular formula is C32H30ClN3O4S2. The summed E-state index contributed by atoms with van der Waals surface area (Å²) in [4.78, 5) is 16.6. The average Bonchev–Trinajstić information content (AvgIpc) is 3.61. The summed E-state index contributed by atoms with van der Waals surface area (Å²) in [6.45, 7) is 3.19. The SMILES string of the molecule is CCOC(=O)CN(Cc1ccccc1)Cc1cc(-c2ccc(-c3cccc(S(C)(=O)=O)c3)s2)n(-c2ccccc2Cl)n1. The summed E-state index contributed by atoms with van der Waals surface area (Å²) in [6.07, 6.45) is 1.21. The number of benzene rings is 3. The Morgan fingerprint density at radius 2 is 1.67 bits per heavy atom. The van der Waals surface area contributed by atoms with E-state index in [0.29, 0.717) is 24.7 Å². The van der Waals surface area contributed by atoms with Gasteiger partial charge >= 0.3 is 5.97 Å². The third kappa shape index (κ3) is 7.17. The van der Waals surface area contributed by atoms with E-state index in [1.807, 2.05) is 88.4 Å². The summed E-state index contributed by atoms with van der Waals surface area (Å²) >= 11 is 8.16. The quantitative estimate of drug-likeness (QED) is 0.150. The van der Waals surface area contributed by atoms with Crippen LogP contribution in [0.5, 0.6) is 0 Å². The molecule has 0 unspecified atom stereocenters. The van der Waals surface area contributed by atoms with Crippen molar-refractivity contribution in [2.45, 2.75) is 24.9 Å². The number of nitrogens with zero attached hydrogens (tertiary/aromatic N) is 3. The second kappa shape index (κ2) is 13.0. The Balaban J connectivity index is 1.52. The van der Waals surface area contributed by atoms with Gasteiger partial charge in [-0.05, 0) is 60.5 Å². The number of hydrogen-bond donors (Lipinski definition) is 0. The number of esters is 1. The van der Waals surface area contributed by atoms with Crippen LogP contribution in [0.1, 0.15) is 18.2 Å². The highest BCUT2D eigenvalue weighted by Gasteiger charge is 2.20. The summed E-state index contributed by atoms with van der Waals surface area (Å²) in [7, 11) is -3.33. The summed E-state index contributed by atoms with van der Waals surface area (Å²) in [5.41, 5.74) is 4.23. The van der Waals surface area contributed by atoms with Gasteiger partial charge in [0, 0.05) is 24.2 Å². The lowest BCUT2D eigenvalue weighted by atomic mass is 10.2. The number of carbonyl (C=O) groups is 1. The Bertz CT molecular complexity index is 1800. The molecule has 216 valence electrons. The topological polar surface area (TPSA) is 81.5 Å². The van der Waals surface area contributed by atoms with Crippen LogP contribution in [0, 0.1) is 0 Å². The molecule has 2 heterocycles. The molecule has 0 radical (unpaired) electrons. The number of ether oxygens (including phenoxy) is 1. The second-order valence-corrected chi connectivity index (χ2v) is 13.3. The number of halogens is 1. The van der Waals surface area contributed by atoms with Gasteiger partial charge in [0.15, 0.2) is 9.84 Å². The highest BCUT2D eigenvalue weighted by Crippen LogP contribution is 2.37. The van der Waals surface area contributed by atoms with Gasteiger partial charge in [-0.2, -0.15) is 5.10 Å². The molecule has 0 saturated carbocycles. The van der Waals surface area contributed by atoms with Gasteiger partial charge in [0.05, 0.1) is 45.0 Å². The van der Waals surface area contributed by atoms with E-state index in [1.54, 1.807) is 25.1 Å². The molecule has 0 saturated heterocycles. The lowest BCUT2D eigenvalue weighted by Crippen LogP contribution is -2.30. The number of rotatable bonds is 11. The van der Waals surface area contributed by atoms with Crippen molar-refractivity contribution in [2.75, 3.05) is 19.4 Å². The zero-order chi connectivity index (χ0) is 29.7. The first kappa shape index (κ1) is 29.7. The van der Waals surface area contributed by atoms with Crippen molar-refractivity contribution < 1.29 is 17.9 Å². The molecule has 7 nitrogen and oxygen atoms in total. The minimum Gasteiger partial charge on any atom is -0.465 e. The highest BCUT2D eigenvalue weighted by atomic mass is 35.5. The maximum absolute atomic E-state index is 12.5. The maximum Gasteiger partial charge on any atom is 0.320 e. The fraction of sp³-hybridized carbons (Fsp3) is 0.188. The summed E-state index contributed by atoms with van der Waals surface area (Å²) in [5.74, 6) is -0.293. The first-order valence-corrected chi connectivity index (χ1v) is 16.5. The van der Waals surface area contributed by atoms with Crippen molar-refractivity contribution >= 4 is 38.7 Å². The van der Waals surface area contributed by atoms with Crippen LogP contribution < -0.4 is 0 Å². The van der Waals surface area contributed by atoms with Gasteiger partial charge in [-0.1, -0.05) is 66.2 Å². The van der Waals surface area contributed by atoms with Crippen molar-refractivity contribution in [3.05, 3.63) is 113 Å². The van der Waals surface area contributed by atoms with Crippen LogP contribution in [0.3, 0.4) is 0 Å². The number of aromatic nitrogens is 2. The molecule has 0 bridgehead atoms. The largest absolute Gasteiger partial charge is 0.465 e. The molecule has 5 aromatic rings. The van der Waals surface area contributed by atoms with E-state index in [1.165, 1.54) is 17.6 Å². The molecular weight excluding hydrogens is 590 g/mol. The van der Waals surface area contributed by atoms with E-state index < -0.39 is 9.84 Å². The average molecular weight is 620 g/mol. The van der Waals surface area contributed by atoms with E-state index in [4.69, 9.17) is 21.4 Å². The summed E-state index contributed by atoms with van der Waals surface area (Å²) < 4.78 is 31.3. The van der Waals surface area contributed by atoms with E-state index in [9.17, 15) is 13.2 Å². The van der Waals surface area contributed by atoms with Crippen LogP contribution in [-0.2, 0) is 32.5 Å². The molecule has 0 aliphatic carbocycles. The predicted molar refractivity (Wildman–Crippen MR) is 168 cm³/mol. The Labute approximate surface area is 254 Å². The zero-order valence-electron chi connectivity index (χ0n) is 23.2. The fourth-order valence-electron chi connectivity index (χ4n) is 4.63. The van der Waals surface area contributed by atoms with Gasteiger partial charge in [0.1, 0.15) is 0 Å². The third-order valence-corrected chi connectivity index (χ3v) is 9.13. The first-order chi connectivity index (χ1) is 20.2. The smallest absolute Gasteiger partial charge is 0.320 e. The molecule has 0 aliphatic rings. The standard InChI is InChI=1S/C32H30ClN3O4S2/c1-3-40-32(37)22-35(20-23-10-5-4-6-11-23)21-25-19-29(36(34-25)28-15-8-7-14-27(28)33)31-17-16-30(41-31)24-12-9-13-26(18-24)42(2,38)39/h4-19H,3,20-22H2,1-2H3. The van der Waals surface area contributed by atoms with Crippen molar-refractivity contribution in [3.8, 4) is 26.7 Å². The van der Waals surface area contributed by atoms with Crippen LogP contribution in [0.25, 0.3) is 26.7 Å². The van der Waals surface area contributed by atoms with Gasteiger partial charge in [0.25, 0.3) is 0 Å². The molecule has 5 rings (SSSR count). The second-order valence-electron chi connectivity index (χ2n) is 9.78. The minimum absolute atomic E-state index is 0.122. The monoisotopic (exact) mass is 619 g/mol. The van der Waals surface area contributed by atoms with Crippen LogP contribution >= 0.6 is 22.9 Å². The van der Waals surface area contributed by atoms with Gasteiger partial charge in [-0.25, -0.2) is 13.1 Å². The summed E-state index contributed by atoms with van der Waals surface area (Å²) in [6, 6.07) is 30.4. The van der Waals surface area contributed by atoms with Crippen LogP contribution in [0.4, 0.5) is 0 Å². The molecule has 3 aromatic carbocycles. The van der Waals surface area contributed by atoms with E-state index in [2.05, 4.69) is 0 Å². The Hall–Kier alpha value is -3.76. The Morgan fingerprint density at radius 3 is 2.40 bits per heavy atom. The van der Waals surface area contributed by atoms with E-state index in [0.717, 1.165) is 38.0 Å². The van der Waals surface area contributed by atoms with Crippen molar-refractivity contribution in [1.29, 1.82) is 0 Å². The molecule has 2 aromatic heterocycles. The molecule has 0 aliphatic heterocycles. The molecule has 0 spiro atoms.